The number of halogens is 1. The van der Waals surface area contributed by atoms with E-state index in [9.17, 15) is 9.59 Å². The topological polar surface area (TPSA) is 74.6 Å². The average molecular weight is 556 g/mol. The highest BCUT2D eigenvalue weighted by Crippen LogP contribution is 2.40. The van der Waals surface area contributed by atoms with Crippen molar-refractivity contribution >= 4 is 50.1 Å². The van der Waals surface area contributed by atoms with Gasteiger partial charge in [0, 0.05) is 39.8 Å². The summed E-state index contributed by atoms with van der Waals surface area (Å²) >= 11 is 3.57. The van der Waals surface area contributed by atoms with Crippen LogP contribution in [0.4, 0.5) is 11.4 Å². The van der Waals surface area contributed by atoms with E-state index in [-0.39, 0.29) is 36.2 Å². The maximum absolute atomic E-state index is 12.3. The molecule has 1 aliphatic heterocycles. The number of furan rings is 1. The largest absolute Gasteiger partial charge is 0.451 e. The summed E-state index contributed by atoms with van der Waals surface area (Å²) in [5.41, 5.74) is 4.54. The van der Waals surface area contributed by atoms with Crippen LogP contribution in [0.2, 0.25) is 0 Å². The van der Waals surface area contributed by atoms with E-state index in [4.69, 9.17) is 4.42 Å². The zero-order chi connectivity index (χ0) is 25.9. The van der Waals surface area contributed by atoms with E-state index in [2.05, 4.69) is 51.4 Å². The number of amides is 2. The number of anilines is 2. The highest BCUT2D eigenvalue weighted by molar-refractivity contribution is 9.10. The number of hydrogen-bond acceptors (Lipinski definition) is 4. The van der Waals surface area contributed by atoms with Gasteiger partial charge in [-0.25, -0.2) is 0 Å². The van der Waals surface area contributed by atoms with Gasteiger partial charge in [-0.3, -0.25) is 9.59 Å². The van der Waals surface area contributed by atoms with Crippen LogP contribution in [-0.2, 0) is 4.79 Å². The molecule has 2 N–H and O–H groups in total. The van der Waals surface area contributed by atoms with Gasteiger partial charge in [-0.05, 0) is 73.5 Å². The molecule has 37 heavy (non-hydrogen) atoms. The molecule has 0 saturated carbocycles. The molecule has 6 nitrogen and oxygen atoms in total. The van der Waals surface area contributed by atoms with Crippen LogP contribution in [0.3, 0.4) is 0 Å². The predicted octanol–water partition coefficient (Wildman–Crippen LogP) is 6.28. The molecule has 0 spiro atoms. The Morgan fingerprint density at radius 2 is 1.86 bits per heavy atom. The van der Waals surface area contributed by atoms with Gasteiger partial charge in [0.05, 0.1) is 12.6 Å². The first-order valence-electron chi connectivity index (χ1n) is 12.1. The van der Waals surface area contributed by atoms with Crippen molar-refractivity contribution in [2.45, 2.75) is 32.4 Å². The summed E-state index contributed by atoms with van der Waals surface area (Å²) in [5.74, 6) is 6.11. The van der Waals surface area contributed by atoms with E-state index in [0.717, 1.165) is 38.8 Å². The molecule has 2 atom stereocenters. The quantitative estimate of drug-likeness (QED) is 0.291. The predicted molar refractivity (Wildman–Crippen MR) is 150 cm³/mol. The molecule has 2 heterocycles. The Labute approximate surface area is 224 Å². The van der Waals surface area contributed by atoms with Crippen molar-refractivity contribution < 1.29 is 14.0 Å². The standard InChI is InChI=1S/C30H26BrN3O3/c1-19-16-26(25-18-23(31)11-14-27(25)34(19)20(2)35)33-24-12-9-21(10-13-24)6-5-15-32-30(36)29-17-22-7-3-4-8-28(22)37-29/h3-4,7-14,17-19,26,33H,15-16H2,1-2H3,(H,32,36)/t19-,26+/m0/s1. The molecule has 2 amide bonds. The number of nitrogens with one attached hydrogen (secondary N) is 2. The normalized spacial score (nSPS) is 16.5. The number of rotatable bonds is 4. The number of carbonyl (C=O) groups excluding carboxylic acids is 2. The highest BCUT2D eigenvalue weighted by atomic mass is 79.9. The molecular weight excluding hydrogens is 530 g/mol. The first kappa shape index (κ1) is 24.7. The van der Waals surface area contributed by atoms with Gasteiger partial charge in [-0.2, -0.15) is 0 Å². The first-order valence-corrected chi connectivity index (χ1v) is 12.9. The lowest BCUT2D eigenvalue weighted by atomic mass is 9.91. The molecule has 0 radical (unpaired) electrons. The smallest absolute Gasteiger partial charge is 0.287 e. The van der Waals surface area contributed by atoms with Crippen LogP contribution in [0.1, 0.15) is 48.0 Å². The third-order valence-electron chi connectivity index (χ3n) is 6.43. The first-order chi connectivity index (χ1) is 17.9. The van der Waals surface area contributed by atoms with E-state index in [1.807, 2.05) is 65.6 Å². The van der Waals surface area contributed by atoms with Gasteiger partial charge in [0.1, 0.15) is 5.58 Å². The minimum atomic E-state index is -0.290. The Balaban J connectivity index is 1.22. The van der Waals surface area contributed by atoms with Crippen molar-refractivity contribution in [3.63, 3.8) is 0 Å². The number of fused-ring (bicyclic) bond motifs is 2. The molecule has 0 bridgehead atoms. The van der Waals surface area contributed by atoms with Crippen LogP contribution >= 0.6 is 15.9 Å². The van der Waals surface area contributed by atoms with Gasteiger partial charge in [0.2, 0.25) is 5.91 Å². The SMILES string of the molecule is CC(=O)N1c2ccc(Br)cc2[C@H](Nc2ccc(C#CCNC(=O)c3cc4ccccc4o3)cc2)C[C@@H]1C. The summed E-state index contributed by atoms with van der Waals surface area (Å²) in [4.78, 5) is 26.5. The molecule has 1 aliphatic rings. The summed E-state index contributed by atoms with van der Waals surface area (Å²) in [6, 6.07) is 23.3. The van der Waals surface area contributed by atoms with Crippen LogP contribution < -0.4 is 15.5 Å². The minimum absolute atomic E-state index is 0.0474. The summed E-state index contributed by atoms with van der Waals surface area (Å²) in [7, 11) is 0. The van der Waals surface area contributed by atoms with Crippen molar-refractivity contribution in [3.05, 3.63) is 94.2 Å². The van der Waals surface area contributed by atoms with Gasteiger partial charge in [0.15, 0.2) is 5.76 Å². The Hall–Kier alpha value is -4.02. The number of nitrogens with zero attached hydrogens (tertiary/aromatic N) is 1. The summed E-state index contributed by atoms with van der Waals surface area (Å²) in [6.45, 7) is 3.90. The van der Waals surface area contributed by atoms with E-state index < -0.39 is 0 Å². The molecule has 1 aromatic heterocycles. The Kier molecular flexibility index (Phi) is 7.02. The molecular formula is C30H26BrN3O3. The van der Waals surface area contributed by atoms with Crippen LogP contribution in [0.15, 0.2) is 81.7 Å². The Morgan fingerprint density at radius 3 is 2.62 bits per heavy atom. The van der Waals surface area contributed by atoms with Gasteiger partial charge in [0.25, 0.3) is 5.91 Å². The molecule has 5 rings (SSSR count). The monoisotopic (exact) mass is 555 g/mol. The molecule has 0 fully saturated rings. The summed E-state index contributed by atoms with van der Waals surface area (Å²) in [5, 5.41) is 7.28. The third-order valence-corrected chi connectivity index (χ3v) is 6.92. The summed E-state index contributed by atoms with van der Waals surface area (Å²) in [6.07, 6.45) is 0.801. The van der Waals surface area contributed by atoms with Gasteiger partial charge < -0.3 is 20.0 Å². The maximum atomic E-state index is 12.3. The fourth-order valence-electron chi connectivity index (χ4n) is 4.75. The van der Waals surface area contributed by atoms with E-state index >= 15 is 0 Å². The molecule has 4 aromatic rings. The van der Waals surface area contributed by atoms with E-state index in [1.54, 1.807) is 13.0 Å². The number of hydrogen-bond donors (Lipinski definition) is 2. The van der Waals surface area contributed by atoms with Gasteiger partial charge in [-0.15, -0.1) is 0 Å². The van der Waals surface area contributed by atoms with Crippen molar-refractivity contribution in [2.24, 2.45) is 0 Å². The van der Waals surface area contributed by atoms with E-state index in [1.165, 1.54) is 0 Å². The molecule has 0 aliphatic carbocycles. The number of carbonyl (C=O) groups is 2. The van der Waals surface area contributed by atoms with Crippen molar-refractivity contribution in [1.29, 1.82) is 0 Å². The lowest BCUT2D eigenvalue weighted by molar-refractivity contribution is -0.117. The Morgan fingerprint density at radius 1 is 1.08 bits per heavy atom. The Bertz CT molecular complexity index is 1500. The zero-order valence-corrected chi connectivity index (χ0v) is 22.1. The zero-order valence-electron chi connectivity index (χ0n) is 20.5. The highest BCUT2D eigenvalue weighted by Gasteiger charge is 2.32. The van der Waals surface area contributed by atoms with Gasteiger partial charge in [-0.1, -0.05) is 46.0 Å². The van der Waals surface area contributed by atoms with Gasteiger partial charge >= 0.3 is 0 Å². The molecule has 0 unspecified atom stereocenters. The molecule has 3 aromatic carbocycles. The number of para-hydroxylation sites is 1. The van der Waals surface area contributed by atoms with Crippen LogP contribution in [0, 0.1) is 11.8 Å². The van der Waals surface area contributed by atoms with Crippen molar-refractivity contribution in [2.75, 3.05) is 16.8 Å². The average Bonchev–Trinajstić information content (AvgIpc) is 3.32. The van der Waals surface area contributed by atoms with Crippen LogP contribution in [0.5, 0.6) is 0 Å². The van der Waals surface area contributed by atoms with Crippen molar-refractivity contribution in [3.8, 4) is 11.8 Å². The number of benzene rings is 3. The fraction of sp³-hybridized carbons (Fsp3) is 0.200. The van der Waals surface area contributed by atoms with Crippen LogP contribution in [0.25, 0.3) is 11.0 Å². The second kappa shape index (κ2) is 10.5. The summed E-state index contributed by atoms with van der Waals surface area (Å²) < 4.78 is 6.56. The minimum Gasteiger partial charge on any atom is -0.451 e. The maximum Gasteiger partial charge on any atom is 0.287 e. The fourth-order valence-corrected chi connectivity index (χ4v) is 5.13. The lowest BCUT2D eigenvalue weighted by Crippen LogP contribution is -2.43. The van der Waals surface area contributed by atoms with Crippen LogP contribution in [-0.4, -0.2) is 24.4 Å². The molecule has 0 saturated heterocycles. The lowest BCUT2D eigenvalue weighted by Gasteiger charge is -2.39. The van der Waals surface area contributed by atoms with E-state index in [0.29, 0.717) is 5.58 Å². The molecule has 7 heteroatoms. The third kappa shape index (κ3) is 5.40. The molecule has 186 valence electrons. The van der Waals surface area contributed by atoms with Crippen molar-refractivity contribution in [1.82, 2.24) is 5.32 Å². The second-order valence-electron chi connectivity index (χ2n) is 9.08. The second-order valence-corrected chi connectivity index (χ2v) is 10.00.